The normalized spacial score (nSPS) is 13.9. The third kappa shape index (κ3) is 6.42. The zero-order valence-electron chi connectivity index (χ0n) is 13.3. The molecule has 0 aliphatic rings. The van der Waals surface area contributed by atoms with Gasteiger partial charge in [0.2, 0.25) is 0 Å². The van der Waals surface area contributed by atoms with E-state index in [1.54, 1.807) is 0 Å². The molecule has 0 aromatic rings. The lowest BCUT2D eigenvalue weighted by Crippen LogP contribution is -2.43. The summed E-state index contributed by atoms with van der Waals surface area (Å²) in [6.45, 7) is 15.5. The first-order valence-corrected chi connectivity index (χ1v) is 9.78. The molecule has 18 heavy (non-hydrogen) atoms. The van der Waals surface area contributed by atoms with Crippen LogP contribution in [0.2, 0.25) is 18.1 Å². The zero-order chi connectivity index (χ0) is 14.4. The Balaban J connectivity index is 4.29. The van der Waals surface area contributed by atoms with Crippen molar-refractivity contribution < 1.29 is 4.43 Å². The fourth-order valence-electron chi connectivity index (χ4n) is 1.40. The molecule has 0 fully saturated rings. The van der Waals surface area contributed by atoms with E-state index in [0.717, 1.165) is 19.3 Å². The maximum atomic E-state index is 6.24. The number of unbranched alkanes of at least 4 members (excludes halogenated alkanes) is 1. The number of hydrogen-bond acceptors (Lipinski definition) is 1. The Kier molecular flexibility index (Phi) is 6.95. The van der Waals surface area contributed by atoms with Gasteiger partial charge in [0, 0.05) is 0 Å². The van der Waals surface area contributed by atoms with E-state index in [-0.39, 0.29) is 11.1 Å². The Hall–Kier alpha value is -0.523. The number of allylic oxidation sites excluding steroid dienone is 2. The Morgan fingerprint density at radius 1 is 1.33 bits per heavy atom. The van der Waals surface area contributed by atoms with Crippen molar-refractivity contribution in [1.29, 1.82) is 0 Å². The number of hydrogen-bond donors (Lipinski definition) is 0. The van der Waals surface area contributed by atoms with Crippen molar-refractivity contribution in [3.8, 4) is 12.3 Å². The summed E-state index contributed by atoms with van der Waals surface area (Å²) in [6, 6.07) is 0. The van der Waals surface area contributed by atoms with Crippen LogP contribution in [0.5, 0.6) is 0 Å². The minimum absolute atomic E-state index is 0.0172. The van der Waals surface area contributed by atoms with E-state index in [9.17, 15) is 0 Å². The Bertz CT molecular complexity index is 311. The Morgan fingerprint density at radius 3 is 2.28 bits per heavy atom. The molecule has 0 N–H and O–H groups in total. The van der Waals surface area contributed by atoms with Gasteiger partial charge in [-0.3, -0.25) is 0 Å². The minimum Gasteiger partial charge on any atom is -0.403 e. The standard InChI is InChI=1S/C16H30OSi/c1-9-15(13-11-10-12-14(2)3)17-18(7,8)16(4,5)6/h1,12,15H,10-11,13H2,2-8H3/t15-/m1/s1. The van der Waals surface area contributed by atoms with Gasteiger partial charge in [-0.2, -0.15) is 0 Å². The van der Waals surface area contributed by atoms with Crippen LogP contribution in [0, 0.1) is 12.3 Å². The molecule has 0 unspecified atom stereocenters. The molecule has 0 saturated carbocycles. The lowest BCUT2D eigenvalue weighted by Gasteiger charge is -2.38. The first kappa shape index (κ1) is 17.5. The maximum Gasteiger partial charge on any atom is 0.193 e. The average molecular weight is 267 g/mol. The van der Waals surface area contributed by atoms with Crippen molar-refractivity contribution in [2.24, 2.45) is 0 Å². The van der Waals surface area contributed by atoms with Crippen molar-refractivity contribution >= 4 is 8.32 Å². The number of rotatable bonds is 6. The van der Waals surface area contributed by atoms with Gasteiger partial charge in [0.25, 0.3) is 0 Å². The topological polar surface area (TPSA) is 9.23 Å². The molecule has 1 nitrogen and oxygen atoms in total. The molecule has 0 bridgehead atoms. The molecule has 0 spiro atoms. The van der Waals surface area contributed by atoms with Crippen LogP contribution in [0.25, 0.3) is 0 Å². The second-order valence-corrected chi connectivity index (χ2v) is 11.5. The van der Waals surface area contributed by atoms with Crippen LogP contribution >= 0.6 is 0 Å². The molecule has 0 aromatic carbocycles. The molecule has 0 amide bonds. The van der Waals surface area contributed by atoms with Gasteiger partial charge in [-0.1, -0.05) is 38.3 Å². The second-order valence-electron chi connectivity index (χ2n) is 6.75. The molecule has 0 heterocycles. The molecule has 0 rings (SSSR count). The minimum atomic E-state index is -1.73. The highest BCUT2D eigenvalue weighted by Gasteiger charge is 2.38. The largest absolute Gasteiger partial charge is 0.403 e. The van der Waals surface area contributed by atoms with Gasteiger partial charge in [-0.05, 0) is 51.2 Å². The summed E-state index contributed by atoms with van der Waals surface area (Å²) in [6.07, 6.45) is 11.0. The summed E-state index contributed by atoms with van der Waals surface area (Å²) in [7, 11) is -1.73. The summed E-state index contributed by atoms with van der Waals surface area (Å²) >= 11 is 0. The van der Waals surface area contributed by atoms with Gasteiger partial charge in [-0.25, -0.2) is 0 Å². The van der Waals surface area contributed by atoms with E-state index < -0.39 is 8.32 Å². The monoisotopic (exact) mass is 266 g/mol. The van der Waals surface area contributed by atoms with E-state index in [1.807, 2.05) is 0 Å². The van der Waals surface area contributed by atoms with Crippen LogP contribution in [0.1, 0.15) is 53.9 Å². The molecule has 0 radical (unpaired) electrons. The summed E-state index contributed by atoms with van der Waals surface area (Å²) < 4.78 is 6.24. The third-order valence-corrected chi connectivity index (χ3v) is 8.14. The SMILES string of the molecule is C#C[C@H](CCCC=C(C)C)O[Si](C)(C)C(C)(C)C. The Labute approximate surface area is 115 Å². The smallest absolute Gasteiger partial charge is 0.193 e. The fraction of sp³-hybridized carbons (Fsp3) is 0.750. The second kappa shape index (κ2) is 7.16. The molecule has 0 aromatic heterocycles. The molecule has 0 aliphatic heterocycles. The van der Waals surface area contributed by atoms with Gasteiger partial charge in [0.1, 0.15) is 6.10 Å². The molecule has 2 heteroatoms. The lowest BCUT2D eigenvalue weighted by molar-refractivity contribution is 0.221. The predicted molar refractivity (Wildman–Crippen MR) is 84.2 cm³/mol. The summed E-state index contributed by atoms with van der Waals surface area (Å²) in [5, 5.41) is 0.224. The predicted octanol–water partition coefficient (Wildman–Crippen LogP) is 5.15. The highest BCUT2D eigenvalue weighted by molar-refractivity contribution is 6.74. The lowest BCUT2D eigenvalue weighted by atomic mass is 10.1. The van der Waals surface area contributed by atoms with Crippen LogP contribution in [-0.4, -0.2) is 14.4 Å². The van der Waals surface area contributed by atoms with E-state index in [0.29, 0.717) is 0 Å². The van der Waals surface area contributed by atoms with Crippen molar-refractivity contribution in [2.45, 2.75) is 78.1 Å². The first-order chi connectivity index (χ1) is 8.10. The molecular weight excluding hydrogens is 236 g/mol. The van der Waals surface area contributed by atoms with Gasteiger partial charge >= 0.3 is 0 Å². The van der Waals surface area contributed by atoms with E-state index in [2.05, 4.69) is 59.7 Å². The fourth-order valence-corrected chi connectivity index (χ4v) is 2.65. The van der Waals surface area contributed by atoms with Crippen LogP contribution < -0.4 is 0 Å². The van der Waals surface area contributed by atoms with Crippen molar-refractivity contribution in [2.75, 3.05) is 0 Å². The van der Waals surface area contributed by atoms with E-state index >= 15 is 0 Å². The summed E-state index contributed by atoms with van der Waals surface area (Å²) in [4.78, 5) is 0. The molecular formula is C16H30OSi. The van der Waals surface area contributed by atoms with E-state index in [1.165, 1.54) is 5.57 Å². The first-order valence-electron chi connectivity index (χ1n) is 6.87. The molecule has 1 atom stereocenters. The van der Waals surface area contributed by atoms with Gasteiger partial charge in [-0.15, -0.1) is 6.42 Å². The van der Waals surface area contributed by atoms with Crippen molar-refractivity contribution in [3.63, 3.8) is 0 Å². The molecule has 0 saturated heterocycles. The van der Waals surface area contributed by atoms with Gasteiger partial charge < -0.3 is 4.43 Å². The molecule has 0 aliphatic carbocycles. The van der Waals surface area contributed by atoms with Crippen molar-refractivity contribution in [1.82, 2.24) is 0 Å². The van der Waals surface area contributed by atoms with Crippen molar-refractivity contribution in [3.05, 3.63) is 11.6 Å². The summed E-state index contributed by atoms with van der Waals surface area (Å²) in [5.74, 6) is 2.81. The van der Waals surface area contributed by atoms with Gasteiger partial charge in [0.15, 0.2) is 8.32 Å². The third-order valence-electron chi connectivity index (χ3n) is 3.65. The zero-order valence-corrected chi connectivity index (χ0v) is 14.3. The number of terminal acetylenes is 1. The highest BCUT2D eigenvalue weighted by Crippen LogP contribution is 2.37. The quantitative estimate of drug-likeness (QED) is 0.280. The maximum absolute atomic E-state index is 6.24. The highest BCUT2D eigenvalue weighted by atomic mass is 28.4. The Morgan fingerprint density at radius 2 is 1.89 bits per heavy atom. The average Bonchev–Trinajstić information content (AvgIpc) is 2.20. The van der Waals surface area contributed by atoms with Crippen LogP contribution in [0.3, 0.4) is 0 Å². The van der Waals surface area contributed by atoms with E-state index in [4.69, 9.17) is 10.8 Å². The molecule has 104 valence electrons. The van der Waals surface area contributed by atoms with Gasteiger partial charge in [0.05, 0.1) is 0 Å². The van der Waals surface area contributed by atoms with Crippen LogP contribution in [0.15, 0.2) is 11.6 Å². The van der Waals surface area contributed by atoms with Crippen LogP contribution in [0.4, 0.5) is 0 Å². The van der Waals surface area contributed by atoms with Crippen LogP contribution in [-0.2, 0) is 4.43 Å². The summed E-state index contributed by atoms with van der Waals surface area (Å²) in [5.41, 5.74) is 1.37.